The molecule has 0 aromatic rings. The minimum absolute atomic E-state index is 0.357. The number of aliphatic hydroxyl groups is 1. The molecule has 0 saturated carbocycles. The van der Waals surface area contributed by atoms with Gasteiger partial charge < -0.3 is 15.7 Å². The van der Waals surface area contributed by atoms with Crippen LogP contribution in [0.4, 0.5) is 0 Å². The highest BCUT2D eigenvalue weighted by atomic mass is 16.3. The van der Waals surface area contributed by atoms with E-state index in [1.165, 1.54) is 13.0 Å². The number of nitrogens with two attached hydrogens (primary N) is 1. The van der Waals surface area contributed by atoms with Crippen LogP contribution in [0.1, 0.15) is 46.5 Å². The fraction of sp³-hybridized carbons (Fsp3) is 1.00. The van der Waals surface area contributed by atoms with E-state index >= 15 is 0 Å². The van der Waals surface area contributed by atoms with Crippen LogP contribution in [0.5, 0.6) is 0 Å². The predicted molar refractivity (Wildman–Crippen MR) is 70.5 cm³/mol. The highest BCUT2D eigenvalue weighted by Gasteiger charge is 2.16. The second-order valence-electron chi connectivity index (χ2n) is 5.43. The third-order valence-electron chi connectivity index (χ3n) is 3.27. The Morgan fingerprint density at radius 2 is 2.00 bits per heavy atom. The van der Waals surface area contributed by atoms with Gasteiger partial charge in [0.15, 0.2) is 0 Å². The first-order chi connectivity index (χ1) is 7.41. The van der Waals surface area contributed by atoms with Crippen molar-refractivity contribution in [1.82, 2.24) is 4.90 Å². The van der Waals surface area contributed by atoms with Crippen molar-refractivity contribution in [3.63, 3.8) is 0 Å². The summed E-state index contributed by atoms with van der Waals surface area (Å²) < 4.78 is 0. The van der Waals surface area contributed by atoms with Crippen LogP contribution in [0, 0.1) is 5.92 Å². The summed E-state index contributed by atoms with van der Waals surface area (Å²) in [6.45, 7) is 8.98. The molecule has 0 aliphatic carbocycles. The Morgan fingerprint density at radius 3 is 2.50 bits per heavy atom. The van der Waals surface area contributed by atoms with E-state index in [-0.39, 0.29) is 0 Å². The van der Waals surface area contributed by atoms with Crippen molar-refractivity contribution in [3.05, 3.63) is 0 Å². The molecule has 0 heterocycles. The molecule has 0 aliphatic rings. The van der Waals surface area contributed by atoms with Crippen LogP contribution in [0.25, 0.3) is 0 Å². The smallest absolute Gasteiger partial charge is 0.0741 e. The minimum Gasteiger partial charge on any atom is -0.389 e. The topological polar surface area (TPSA) is 49.5 Å². The SMILES string of the molecule is CCC(C)CN(C)CCCCC(C)(O)CN. The molecule has 0 fully saturated rings. The van der Waals surface area contributed by atoms with Crippen molar-refractivity contribution in [1.29, 1.82) is 0 Å². The summed E-state index contributed by atoms with van der Waals surface area (Å²) in [5.41, 5.74) is 4.80. The van der Waals surface area contributed by atoms with Crippen LogP contribution in [0.15, 0.2) is 0 Å². The highest BCUT2D eigenvalue weighted by molar-refractivity contribution is 4.73. The first-order valence-electron chi connectivity index (χ1n) is 6.52. The maximum Gasteiger partial charge on any atom is 0.0741 e. The van der Waals surface area contributed by atoms with Crippen molar-refractivity contribution < 1.29 is 5.11 Å². The minimum atomic E-state index is -0.671. The number of hydrogen-bond acceptors (Lipinski definition) is 3. The molecule has 0 aromatic heterocycles. The zero-order chi connectivity index (χ0) is 12.6. The first kappa shape index (κ1) is 15.9. The molecular weight excluding hydrogens is 200 g/mol. The van der Waals surface area contributed by atoms with Gasteiger partial charge in [0.1, 0.15) is 0 Å². The molecule has 3 heteroatoms. The molecule has 0 bridgehead atoms. The Labute approximate surface area is 101 Å². The Balaban J connectivity index is 3.51. The van der Waals surface area contributed by atoms with Crippen LogP contribution in [0.3, 0.4) is 0 Å². The summed E-state index contributed by atoms with van der Waals surface area (Å²) in [6, 6.07) is 0. The van der Waals surface area contributed by atoms with Crippen molar-refractivity contribution >= 4 is 0 Å². The van der Waals surface area contributed by atoms with Gasteiger partial charge in [0.05, 0.1) is 5.60 Å². The average molecular weight is 230 g/mol. The molecule has 0 aliphatic heterocycles. The molecular formula is C13H30N2O. The zero-order valence-electron chi connectivity index (χ0n) is 11.5. The monoisotopic (exact) mass is 230 g/mol. The Morgan fingerprint density at radius 1 is 1.38 bits per heavy atom. The summed E-state index contributed by atoms with van der Waals surface area (Å²) in [5.74, 6) is 0.775. The van der Waals surface area contributed by atoms with Gasteiger partial charge >= 0.3 is 0 Å². The highest BCUT2D eigenvalue weighted by Crippen LogP contribution is 2.12. The average Bonchev–Trinajstić information content (AvgIpc) is 2.24. The van der Waals surface area contributed by atoms with Gasteiger partial charge in [-0.2, -0.15) is 0 Å². The van der Waals surface area contributed by atoms with Gasteiger partial charge in [0, 0.05) is 13.1 Å². The maximum absolute atomic E-state index is 9.73. The van der Waals surface area contributed by atoms with E-state index in [1.54, 1.807) is 0 Å². The van der Waals surface area contributed by atoms with E-state index in [2.05, 4.69) is 25.8 Å². The first-order valence-corrected chi connectivity index (χ1v) is 6.52. The Kier molecular flexibility index (Phi) is 7.98. The van der Waals surface area contributed by atoms with E-state index in [0.29, 0.717) is 6.54 Å². The van der Waals surface area contributed by atoms with Gasteiger partial charge in [-0.15, -0.1) is 0 Å². The summed E-state index contributed by atoms with van der Waals surface area (Å²) in [4.78, 5) is 2.38. The summed E-state index contributed by atoms with van der Waals surface area (Å²) >= 11 is 0. The number of unbranched alkanes of at least 4 members (excludes halogenated alkanes) is 1. The summed E-state index contributed by atoms with van der Waals surface area (Å²) in [5, 5.41) is 9.73. The molecule has 2 atom stereocenters. The molecule has 0 amide bonds. The van der Waals surface area contributed by atoms with Crippen LogP contribution in [0.2, 0.25) is 0 Å². The molecule has 0 radical (unpaired) electrons. The lowest BCUT2D eigenvalue weighted by Gasteiger charge is -2.23. The molecule has 16 heavy (non-hydrogen) atoms. The molecule has 3 nitrogen and oxygen atoms in total. The predicted octanol–water partition coefficient (Wildman–Crippen LogP) is 1.84. The largest absolute Gasteiger partial charge is 0.389 e. The Bertz CT molecular complexity index is 171. The van der Waals surface area contributed by atoms with Crippen LogP contribution >= 0.6 is 0 Å². The Hall–Kier alpha value is -0.120. The molecule has 0 aromatic carbocycles. The van der Waals surface area contributed by atoms with E-state index in [9.17, 15) is 5.11 Å². The normalized spacial score (nSPS) is 17.4. The van der Waals surface area contributed by atoms with Crippen molar-refractivity contribution in [2.75, 3.05) is 26.7 Å². The van der Waals surface area contributed by atoms with Gasteiger partial charge in [0.2, 0.25) is 0 Å². The third-order valence-corrected chi connectivity index (χ3v) is 3.27. The van der Waals surface area contributed by atoms with Crippen molar-refractivity contribution in [3.8, 4) is 0 Å². The second kappa shape index (κ2) is 8.04. The zero-order valence-corrected chi connectivity index (χ0v) is 11.5. The maximum atomic E-state index is 9.73. The number of hydrogen-bond donors (Lipinski definition) is 2. The lowest BCUT2D eigenvalue weighted by molar-refractivity contribution is 0.0565. The molecule has 0 spiro atoms. The summed E-state index contributed by atoms with van der Waals surface area (Å²) in [6.07, 6.45) is 4.24. The molecule has 98 valence electrons. The quantitative estimate of drug-likeness (QED) is 0.594. The van der Waals surface area contributed by atoms with Gasteiger partial charge in [0.25, 0.3) is 0 Å². The van der Waals surface area contributed by atoms with Gasteiger partial charge in [-0.3, -0.25) is 0 Å². The fourth-order valence-electron chi connectivity index (χ4n) is 1.74. The number of rotatable bonds is 9. The molecule has 3 N–H and O–H groups in total. The van der Waals surface area contributed by atoms with E-state index in [0.717, 1.165) is 31.7 Å². The molecule has 0 rings (SSSR count). The third kappa shape index (κ3) is 8.08. The van der Waals surface area contributed by atoms with Crippen LogP contribution in [-0.2, 0) is 0 Å². The fourth-order valence-corrected chi connectivity index (χ4v) is 1.74. The van der Waals surface area contributed by atoms with E-state index < -0.39 is 5.60 Å². The lowest BCUT2D eigenvalue weighted by atomic mass is 9.99. The van der Waals surface area contributed by atoms with E-state index in [1.807, 2.05) is 6.92 Å². The standard InChI is InChI=1S/C13H30N2O/c1-5-12(2)10-15(4)9-7-6-8-13(3,16)11-14/h12,16H,5-11,14H2,1-4H3. The van der Waals surface area contributed by atoms with Gasteiger partial charge in [-0.05, 0) is 45.7 Å². The molecule has 0 saturated heterocycles. The van der Waals surface area contributed by atoms with Gasteiger partial charge in [-0.25, -0.2) is 0 Å². The van der Waals surface area contributed by atoms with Crippen molar-refractivity contribution in [2.24, 2.45) is 11.7 Å². The van der Waals surface area contributed by atoms with Crippen LogP contribution < -0.4 is 5.73 Å². The van der Waals surface area contributed by atoms with E-state index in [4.69, 9.17) is 5.73 Å². The van der Waals surface area contributed by atoms with Gasteiger partial charge in [-0.1, -0.05) is 20.3 Å². The van der Waals surface area contributed by atoms with Crippen LogP contribution in [-0.4, -0.2) is 42.3 Å². The lowest BCUT2D eigenvalue weighted by Crippen LogP contribution is -2.34. The molecule has 2 unspecified atom stereocenters. The number of nitrogens with zero attached hydrogens (tertiary/aromatic N) is 1. The summed E-state index contributed by atoms with van der Waals surface area (Å²) in [7, 11) is 2.17. The second-order valence-corrected chi connectivity index (χ2v) is 5.43. The van der Waals surface area contributed by atoms with Crippen molar-refractivity contribution in [2.45, 2.75) is 52.1 Å².